The van der Waals surface area contributed by atoms with Crippen molar-refractivity contribution in [1.82, 2.24) is 9.88 Å². The first-order chi connectivity index (χ1) is 13.1. The normalized spacial score (nSPS) is 16.9. The maximum Gasteiger partial charge on any atom is 0.416 e. The minimum absolute atomic E-state index is 0.147. The Labute approximate surface area is 157 Å². The van der Waals surface area contributed by atoms with E-state index in [1.54, 1.807) is 6.92 Å². The molecule has 1 aliphatic heterocycles. The molecular formula is C18H16F3N3O4. The van der Waals surface area contributed by atoms with Crippen LogP contribution in [0.1, 0.15) is 27.9 Å². The number of carbonyl (C=O) groups is 1. The molecule has 10 heteroatoms. The molecule has 1 aromatic heterocycles. The molecule has 1 saturated heterocycles. The summed E-state index contributed by atoms with van der Waals surface area (Å²) in [6, 6.07) is 5.89. The molecule has 0 saturated carbocycles. The molecule has 7 nitrogen and oxygen atoms in total. The molecule has 28 heavy (non-hydrogen) atoms. The minimum atomic E-state index is -4.50. The highest BCUT2D eigenvalue weighted by molar-refractivity contribution is 5.95. The molecule has 0 N–H and O–H groups in total. The van der Waals surface area contributed by atoms with Gasteiger partial charge in [-0.15, -0.1) is 0 Å². The second-order valence-corrected chi connectivity index (χ2v) is 6.42. The van der Waals surface area contributed by atoms with Crippen molar-refractivity contribution in [1.29, 1.82) is 0 Å². The number of rotatable bonds is 4. The number of nitrogens with zero attached hydrogens (tertiary/aromatic N) is 3. The quantitative estimate of drug-likeness (QED) is 0.583. The summed E-state index contributed by atoms with van der Waals surface area (Å²) in [7, 11) is 0. The molecule has 0 radical (unpaired) electrons. The first-order valence-electron chi connectivity index (χ1n) is 8.39. The molecule has 148 valence electrons. The lowest BCUT2D eigenvalue weighted by atomic mass is 10.1. The van der Waals surface area contributed by atoms with Crippen LogP contribution in [-0.4, -0.2) is 39.9 Å². The Morgan fingerprint density at radius 2 is 2.07 bits per heavy atom. The van der Waals surface area contributed by atoms with Crippen molar-refractivity contribution in [3.63, 3.8) is 0 Å². The lowest BCUT2D eigenvalue weighted by molar-refractivity contribution is -0.385. The van der Waals surface area contributed by atoms with Crippen molar-refractivity contribution in [2.75, 3.05) is 13.1 Å². The Bertz CT molecular complexity index is 917. The molecule has 1 aliphatic rings. The van der Waals surface area contributed by atoms with Gasteiger partial charge in [0.2, 0.25) is 5.88 Å². The maximum atomic E-state index is 12.8. The molecule has 1 unspecified atom stereocenters. The fraction of sp³-hybridized carbons (Fsp3) is 0.333. The second-order valence-electron chi connectivity index (χ2n) is 6.42. The van der Waals surface area contributed by atoms with Crippen molar-refractivity contribution in [2.45, 2.75) is 25.6 Å². The van der Waals surface area contributed by atoms with Crippen LogP contribution in [0.25, 0.3) is 0 Å². The number of pyridine rings is 1. The molecule has 2 heterocycles. The number of hydrogen-bond acceptors (Lipinski definition) is 5. The molecule has 1 amide bonds. The van der Waals surface area contributed by atoms with Crippen LogP contribution in [-0.2, 0) is 6.18 Å². The van der Waals surface area contributed by atoms with E-state index in [9.17, 15) is 28.1 Å². The summed E-state index contributed by atoms with van der Waals surface area (Å²) >= 11 is 0. The van der Waals surface area contributed by atoms with Gasteiger partial charge in [-0.2, -0.15) is 13.2 Å². The average molecular weight is 395 g/mol. The topological polar surface area (TPSA) is 85.6 Å². The van der Waals surface area contributed by atoms with Crippen LogP contribution in [0.15, 0.2) is 36.5 Å². The molecule has 0 aliphatic carbocycles. The highest BCUT2D eigenvalue weighted by atomic mass is 19.4. The van der Waals surface area contributed by atoms with Crippen molar-refractivity contribution < 1.29 is 27.6 Å². The number of aromatic nitrogens is 1. The Hall–Kier alpha value is -3.17. The van der Waals surface area contributed by atoms with Gasteiger partial charge < -0.3 is 9.64 Å². The molecule has 0 bridgehead atoms. The fourth-order valence-corrected chi connectivity index (χ4v) is 2.95. The van der Waals surface area contributed by atoms with Crippen LogP contribution in [0.2, 0.25) is 0 Å². The zero-order chi connectivity index (χ0) is 20.5. The zero-order valence-electron chi connectivity index (χ0n) is 14.8. The monoisotopic (exact) mass is 395 g/mol. The molecule has 1 aromatic carbocycles. The predicted octanol–water partition coefficient (Wildman–Crippen LogP) is 3.61. The van der Waals surface area contributed by atoms with Crippen LogP contribution in [0.4, 0.5) is 18.9 Å². The van der Waals surface area contributed by atoms with Crippen molar-refractivity contribution in [3.05, 3.63) is 63.3 Å². The number of halogens is 3. The Morgan fingerprint density at radius 3 is 2.75 bits per heavy atom. The smallest absolute Gasteiger partial charge is 0.416 e. The number of nitro benzene ring substituents is 1. The molecule has 3 rings (SSSR count). The highest BCUT2D eigenvalue weighted by Gasteiger charge is 2.32. The van der Waals surface area contributed by atoms with E-state index in [0.29, 0.717) is 18.5 Å². The zero-order valence-corrected chi connectivity index (χ0v) is 14.8. The van der Waals surface area contributed by atoms with Crippen LogP contribution in [0.5, 0.6) is 5.88 Å². The van der Waals surface area contributed by atoms with E-state index in [4.69, 9.17) is 4.74 Å². The number of amides is 1. The summed E-state index contributed by atoms with van der Waals surface area (Å²) in [4.78, 5) is 28.3. The number of aryl methyl sites for hydroxylation is 1. The van der Waals surface area contributed by atoms with Gasteiger partial charge in [-0.05, 0) is 19.1 Å². The largest absolute Gasteiger partial charge is 0.472 e. The van der Waals surface area contributed by atoms with Crippen LogP contribution >= 0.6 is 0 Å². The molecule has 1 fully saturated rings. The van der Waals surface area contributed by atoms with Gasteiger partial charge in [-0.1, -0.05) is 6.07 Å². The summed E-state index contributed by atoms with van der Waals surface area (Å²) in [5, 5.41) is 11.0. The van der Waals surface area contributed by atoms with Gasteiger partial charge >= 0.3 is 6.18 Å². The minimum Gasteiger partial charge on any atom is -0.472 e. The first kappa shape index (κ1) is 19.6. The van der Waals surface area contributed by atoms with Crippen molar-refractivity contribution >= 4 is 11.6 Å². The SMILES string of the molecule is Cc1ccc(C(=O)N2CCC(Oc3cc(C(F)(F)F)ccn3)C2)cc1[N+](=O)[O-]. The van der Waals surface area contributed by atoms with Gasteiger partial charge in [0.1, 0.15) is 6.10 Å². The first-order valence-corrected chi connectivity index (χ1v) is 8.39. The third-order valence-electron chi connectivity index (χ3n) is 4.43. The lowest BCUT2D eigenvalue weighted by Crippen LogP contribution is -2.31. The van der Waals surface area contributed by atoms with E-state index in [0.717, 1.165) is 18.3 Å². The number of ether oxygens (including phenoxy) is 1. The molecular weight excluding hydrogens is 379 g/mol. The highest BCUT2D eigenvalue weighted by Crippen LogP contribution is 2.31. The number of likely N-dealkylation sites (tertiary alicyclic amines) is 1. The third-order valence-corrected chi connectivity index (χ3v) is 4.43. The third kappa shape index (κ3) is 4.21. The van der Waals surface area contributed by atoms with Crippen molar-refractivity contribution in [2.24, 2.45) is 0 Å². The van der Waals surface area contributed by atoms with Crippen LogP contribution < -0.4 is 4.74 Å². The van der Waals surface area contributed by atoms with E-state index < -0.39 is 28.7 Å². The van der Waals surface area contributed by atoms with E-state index in [1.807, 2.05) is 0 Å². The summed E-state index contributed by atoms with van der Waals surface area (Å²) in [5.41, 5.74) is -0.392. The predicted molar refractivity (Wildman–Crippen MR) is 92.0 cm³/mol. The summed E-state index contributed by atoms with van der Waals surface area (Å²) in [5.74, 6) is -0.564. The lowest BCUT2D eigenvalue weighted by Gasteiger charge is -2.17. The van der Waals surface area contributed by atoms with Gasteiger partial charge in [0.05, 0.1) is 17.0 Å². The Balaban J connectivity index is 1.68. The summed E-state index contributed by atoms with van der Waals surface area (Å²) in [6.07, 6.45) is -3.59. The number of benzene rings is 1. The maximum absolute atomic E-state index is 12.8. The Kier molecular flexibility index (Phi) is 5.21. The van der Waals surface area contributed by atoms with Gasteiger partial charge in [0.25, 0.3) is 11.6 Å². The fourth-order valence-electron chi connectivity index (χ4n) is 2.95. The van der Waals surface area contributed by atoms with Crippen molar-refractivity contribution in [3.8, 4) is 5.88 Å². The van der Waals surface area contributed by atoms with Crippen LogP contribution in [0, 0.1) is 17.0 Å². The van der Waals surface area contributed by atoms with E-state index in [-0.39, 0.29) is 23.7 Å². The number of alkyl halides is 3. The summed E-state index contributed by atoms with van der Waals surface area (Å²) < 4.78 is 43.8. The average Bonchev–Trinajstić information content (AvgIpc) is 3.09. The van der Waals surface area contributed by atoms with E-state index in [1.165, 1.54) is 23.1 Å². The number of hydrogen-bond donors (Lipinski definition) is 0. The van der Waals surface area contributed by atoms with E-state index in [2.05, 4.69) is 4.98 Å². The second kappa shape index (κ2) is 7.45. The number of carbonyl (C=O) groups excluding carboxylic acids is 1. The number of nitro groups is 1. The van der Waals surface area contributed by atoms with Gasteiger partial charge in [-0.25, -0.2) is 4.98 Å². The van der Waals surface area contributed by atoms with Crippen LogP contribution in [0.3, 0.4) is 0 Å². The van der Waals surface area contributed by atoms with Gasteiger partial charge in [-0.3, -0.25) is 14.9 Å². The Morgan fingerprint density at radius 1 is 1.32 bits per heavy atom. The molecule has 0 spiro atoms. The standard InChI is InChI=1S/C18H16F3N3O4/c1-11-2-3-12(8-15(11)24(26)27)17(25)23-7-5-14(10-23)28-16-9-13(4-6-22-16)18(19,20)21/h2-4,6,8-9,14H,5,7,10H2,1H3. The van der Waals surface area contributed by atoms with E-state index >= 15 is 0 Å². The summed E-state index contributed by atoms with van der Waals surface area (Å²) in [6.45, 7) is 2.05. The van der Waals surface area contributed by atoms with Gasteiger partial charge in [0.15, 0.2) is 0 Å². The molecule has 2 aromatic rings. The molecule has 1 atom stereocenters. The van der Waals surface area contributed by atoms with Gasteiger partial charge in [0, 0.05) is 42.4 Å².